The van der Waals surface area contributed by atoms with Crippen molar-refractivity contribution in [3.05, 3.63) is 12.2 Å². The Labute approximate surface area is 360 Å². The van der Waals surface area contributed by atoms with Gasteiger partial charge in [0.2, 0.25) is 0 Å². The average Bonchev–Trinajstić information content (AvgIpc) is 3.21. The molecule has 0 aromatic heterocycles. The Morgan fingerprint density at radius 3 is 1.25 bits per heavy atom. The van der Waals surface area contributed by atoms with Gasteiger partial charge in [0.1, 0.15) is 12.6 Å². The molecule has 0 bridgehead atoms. The molecule has 0 aliphatic carbocycles. The smallest absolute Gasteiger partial charge is 0.472 e. The van der Waals surface area contributed by atoms with E-state index in [0.717, 1.165) is 44.9 Å². The van der Waals surface area contributed by atoms with Crippen LogP contribution in [0.3, 0.4) is 0 Å². The van der Waals surface area contributed by atoms with Crippen LogP contribution in [0.4, 0.5) is 0 Å². The summed E-state index contributed by atoms with van der Waals surface area (Å²) in [6.07, 6.45) is 44.1. The maximum absolute atomic E-state index is 12.7. The number of unbranched alkanes of at least 4 members (excludes halogenated alkanes) is 30. The summed E-state index contributed by atoms with van der Waals surface area (Å²) in [4.78, 5) is 46.1. The number of hydrogen-bond acceptors (Lipinski definition) is 9. The highest BCUT2D eigenvalue weighted by Crippen LogP contribution is 2.43. The fourth-order valence-corrected chi connectivity index (χ4v) is 7.72. The third-order valence-corrected chi connectivity index (χ3v) is 11.7. The second kappa shape index (κ2) is 42.9. The van der Waals surface area contributed by atoms with Crippen LogP contribution in [0.2, 0.25) is 0 Å². The minimum absolute atomic E-state index is 0.167. The molecule has 0 aromatic rings. The summed E-state index contributed by atoms with van der Waals surface area (Å²) < 4.78 is 32.8. The van der Waals surface area contributed by atoms with E-state index in [9.17, 15) is 23.8 Å². The monoisotopic (exact) mass is 860 g/mol. The minimum atomic E-state index is -4.71. The van der Waals surface area contributed by atoms with E-state index in [0.29, 0.717) is 12.8 Å². The van der Waals surface area contributed by atoms with Gasteiger partial charge in [-0.05, 0) is 38.5 Å². The largest absolute Gasteiger partial charge is 0.480 e. The van der Waals surface area contributed by atoms with Gasteiger partial charge in [-0.1, -0.05) is 199 Å². The molecule has 11 nitrogen and oxygen atoms in total. The molecular formula is C47H90NO10P. The van der Waals surface area contributed by atoms with E-state index in [1.54, 1.807) is 0 Å². The number of aliphatic carboxylic acids is 1. The Bertz CT molecular complexity index is 1060. The van der Waals surface area contributed by atoms with Gasteiger partial charge in [0.25, 0.3) is 0 Å². The summed E-state index contributed by atoms with van der Waals surface area (Å²) in [7, 11) is -4.71. The minimum Gasteiger partial charge on any atom is -0.480 e. The predicted molar refractivity (Wildman–Crippen MR) is 240 cm³/mol. The summed E-state index contributed by atoms with van der Waals surface area (Å²) in [5.74, 6) is -2.37. The SMILES string of the molecule is CCCCCC/C=C/CCCCCCCCCC(=O)OC[C@H](COP(=O)(O)OC[C@H](N)C(=O)O)OC(=O)CCCCCCCCCCCCCCCCCCCCCC. The highest BCUT2D eigenvalue weighted by molar-refractivity contribution is 7.47. The quantitative estimate of drug-likeness (QED) is 0.0230. The standard InChI is InChI=1S/C47H90NO10P/c1-3-5-7-9-11-13-15-17-19-20-21-22-23-25-27-29-31-33-35-37-39-46(50)58-43(41-56-59(53,54)57-42-44(48)47(51)52)40-55-45(49)38-36-34-32-30-28-26-24-18-16-14-12-10-8-6-4-2/h14,16,43-44H,3-13,15,17-42,48H2,1-2H3,(H,51,52)(H,53,54)/b16-14+/t43-,44+/m1/s1. The lowest BCUT2D eigenvalue weighted by molar-refractivity contribution is -0.161. The normalized spacial score (nSPS) is 13.7. The molecule has 1 unspecified atom stereocenters. The molecule has 0 radical (unpaired) electrons. The van der Waals surface area contributed by atoms with Crippen LogP contribution in [0.25, 0.3) is 0 Å². The molecule has 0 amide bonds. The zero-order valence-electron chi connectivity index (χ0n) is 37.9. The fourth-order valence-electron chi connectivity index (χ4n) is 6.94. The van der Waals surface area contributed by atoms with Gasteiger partial charge in [0, 0.05) is 12.8 Å². The lowest BCUT2D eigenvalue weighted by Crippen LogP contribution is -2.34. The van der Waals surface area contributed by atoms with Crippen LogP contribution in [-0.4, -0.2) is 59.9 Å². The number of carbonyl (C=O) groups excluding carboxylic acids is 2. The van der Waals surface area contributed by atoms with Crippen LogP contribution in [-0.2, 0) is 37.5 Å². The molecule has 0 spiro atoms. The maximum Gasteiger partial charge on any atom is 0.472 e. The van der Waals surface area contributed by atoms with E-state index < -0.39 is 51.1 Å². The third kappa shape index (κ3) is 42.7. The molecule has 59 heavy (non-hydrogen) atoms. The van der Waals surface area contributed by atoms with Gasteiger partial charge < -0.3 is 25.2 Å². The van der Waals surface area contributed by atoms with Gasteiger partial charge in [0.15, 0.2) is 6.10 Å². The molecule has 3 atom stereocenters. The Hall–Kier alpha value is -1.78. The molecule has 0 aliphatic rings. The Morgan fingerprint density at radius 2 is 0.847 bits per heavy atom. The zero-order valence-corrected chi connectivity index (χ0v) is 38.8. The number of rotatable bonds is 46. The lowest BCUT2D eigenvalue weighted by atomic mass is 10.0. The first-order chi connectivity index (χ1) is 28.6. The van der Waals surface area contributed by atoms with Gasteiger partial charge in [0.05, 0.1) is 13.2 Å². The van der Waals surface area contributed by atoms with Crippen LogP contribution in [0, 0.1) is 0 Å². The number of ether oxygens (including phenoxy) is 2. The topological polar surface area (TPSA) is 172 Å². The highest BCUT2D eigenvalue weighted by Gasteiger charge is 2.28. The number of phosphoric ester groups is 1. The van der Waals surface area contributed by atoms with E-state index in [2.05, 4.69) is 30.5 Å². The van der Waals surface area contributed by atoms with Crippen molar-refractivity contribution in [1.82, 2.24) is 0 Å². The van der Waals surface area contributed by atoms with Crippen molar-refractivity contribution in [2.45, 2.75) is 251 Å². The van der Waals surface area contributed by atoms with Crippen LogP contribution in [0.1, 0.15) is 239 Å². The van der Waals surface area contributed by atoms with Crippen molar-refractivity contribution >= 4 is 25.7 Å². The number of hydrogen-bond donors (Lipinski definition) is 3. The first-order valence-electron chi connectivity index (χ1n) is 24.2. The third-order valence-electron chi connectivity index (χ3n) is 10.8. The van der Waals surface area contributed by atoms with E-state index in [1.807, 2.05) is 0 Å². The van der Waals surface area contributed by atoms with Crippen LogP contribution in [0.15, 0.2) is 12.2 Å². The highest BCUT2D eigenvalue weighted by atomic mass is 31.2. The molecule has 0 aliphatic heterocycles. The molecule has 0 saturated carbocycles. The molecule has 348 valence electrons. The molecule has 4 N–H and O–H groups in total. The van der Waals surface area contributed by atoms with E-state index in [-0.39, 0.29) is 19.4 Å². The van der Waals surface area contributed by atoms with Gasteiger partial charge in [-0.15, -0.1) is 0 Å². The number of carboxylic acids is 1. The summed E-state index contributed by atoms with van der Waals surface area (Å²) >= 11 is 0. The molecule has 0 rings (SSSR count). The van der Waals surface area contributed by atoms with Crippen molar-refractivity contribution in [1.29, 1.82) is 0 Å². The van der Waals surface area contributed by atoms with E-state index in [1.165, 1.54) is 154 Å². The van der Waals surface area contributed by atoms with E-state index in [4.69, 9.17) is 24.8 Å². The zero-order chi connectivity index (χ0) is 43.5. The fraction of sp³-hybridized carbons (Fsp3) is 0.894. The number of carbonyl (C=O) groups is 3. The van der Waals surface area contributed by atoms with Crippen molar-refractivity contribution in [3.63, 3.8) is 0 Å². The number of nitrogens with two attached hydrogens (primary N) is 1. The first kappa shape index (κ1) is 57.2. The molecule has 0 aromatic carbocycles. The second-order valence-electron chi connectivity index (χ2n) is 16.6. The molecule has 0 heterocycles. The van der Waals surface area contributed by atoms with E-state index >= 15 is 0 Å². The lowest BCUT2D eigenvalue weighted by Gasteiger charge is -2.20. The summed E-state index contributed by atoms with van der Waals surface area (Å²) in [5, 5.41) is 8.90. The summed E-state index contributed by atoms with van der Waals surface area (Å²) in [6, 6.07) is -1.52. The van der Waals surface area contributed by atoms with Gasteiger partial charge >= 0.3 is 25.7 Å². The second-order valence-corrected chi connectivity index (χ2v) is 18.1. The summed E-state index contributed by atoms with van der Waals surface area (Å²) in [6.45, 7) is 2.83. The number of carboxylic acid groups (broad SMARTS) is 1. The van der Waals surface area contributed by atoms with Gasteiger partial charge in [-0.2, -0.15) is 0 Å². The average molecular weight is 860 g/mol. The molecule has 12 heteroatoms. The maximum atomic E-state index is 12.7. The van der Waals surface area contributed by atoms with Crippen molar-refractivity contribution in [3.8, 4) is 0 Å². The Balaban J connectivity index is 4.24. The number of allylic oxidation sites excluding steroid dienone is 2. The predicted octanol–water partition coefficient (Wildman–Crippen LogP) is 13.2. The summed E-state index contributed by atoms with van der Waals surface area (Å²) in [5.41, 5.74) is 5.34. The number of phosphoric acid groups is 1. The van der Waals surface area contributed by atoms with Crippen LogP contribution >= 0.6 is 7.82 Å². The molecule has 0 fully saturated rings. The van der Waals surface area contributed by atoms with Crippen LogP contribution < -0.4 is 5.73 Å². The molecular weight excluding hydrogens is 769 g/mol. The van der Waals surface area contributed by atoms with Gasteiger partial charge in [-0.25, -0.2) is 4.57 Å². The Kier molecular flexibility index (Phi) is 41.6. The van der Waals surface area contributed by atoms with Crippen molar-refractivity contribution in [2.24, 2.45) is 5.73 Å². The first-order valence-corrected chi connectivity index (χ1v) is 25.7. The molecule has 0 saturated heterocycles. The van der Waals surface area contributed by atoms with Gasteiger partial charge in [-0.3, -0.25) is 23.4 Å². The van der Waals surface area contributed by atoms with Crippen molar-refractivity contribution in [2.75, 3.05) is 19.8 Å². The van der Waals surface area contributed by atoms with Crippen LogP contribution in [0.5, 0.6) is 0 Å². The Morgan fingerprint density at radius 1 is 0.508 bits per heavy atom. The van der Waals surface area contributed by atoms with Crippen molar-refractivity contribution < 1.29 is 47.5 Å². The number of esters is 2.